The van der Waals surface area contributed by atoms with E-state index < -0.39 is 52.3 Å². The average molecular weight is 432 g/mol. The fraction of sp³-hybridized carbons (Fsp3) is 0.0556. The standard InChI is InChI=1S/C18H8F8N4/c19-12-9(13(20)15(22)16(23)14(12)21)7-27-30-11-6-10(18(24,25)26)28-17(29-11)8-4-2-1-3-5-8/h1-7H,(H,28,29,30)/b27-7+. The van der Waals surface area contributed by atoms with Crippen LogP contribution in [0, 0.1) is 29.1 Å². The monoisotopic (exact) mass is 432 g/mol. The van der Waals surface area contributed by atoms with Crippen LogP contribution in [0.2, 0.25) is 0 Å². The van der Waals surface area contributed by atoms with Gasteiger partial charge in [-0.05, 0) is 0 Å². The molecule has 3 aromatic rings. The normalized spacial score (nSPS) is 11.9. The molecule has 0 fully saturated rings. The Morgan fingerprint density at radius 2 is 1.37 bits per heavy atom. The Morgan fingerprint density at radius 3 is 1.93 bits per heavy atom. The molecule has 0 saturated heterocycles. The van der Waals surface area contributed by atoms with Gasteiger partial charge in [0.05, 0.1) is 11.8 Å². The third kappa shape index (κ3) is 4.21. The minimum absolute atomic E-state index is 0.230. The van der Waals surface area contributed by atoms with E-state index in [1.54, 1.807) is 6.07 Å². The minimum atomic E-state index is -4.85. The van der Waals surface area contributed by atoms with Gasteiger partial charge in [0.1, 0.15) is 0 Å². The molecular formula is C18H8F8N4. The number of halogens is 8. The smallest absolute Gasteiger partial charge is 0.261 e. The first-order valence-corrected chi connectivity index (χ1v) is 7.91. The molecule has 156 valence electrons. The summed E-state index contributed by atoms with van der Waals surface area (Å²) in [6, 6.07) is 8.03. The molecule has 3 rings (SSSR count). The molecule has 0 bridgehead atoms. The maximum atomic E-state index is 13.6. The molecule has 0 aliphatic carbocycles. The largest absolute Gasteiger partial charge is 0.433 e. The van der Waals surface area contributed by atoms with Gasteiger partial charge in [-0.25, -0.2) is 31.9 Å². The molecule has 0 saturated carbocycles. The number of alkyl halides is 3. The second-order valence-corrected chi connectivity index (χ2v) is 5.68. The molecule has 0 aliphatic heterocycles. The molecule has 30 heavy (non-hydrogen) atoms. The third-order valence-corrected chi connectivity index (χ3v) is 3.67. The van der Waals surface area contributed by atoms with Crippen molar-refractivity contribution in [1.82, 2.24) is 9.97 Å². The van der Waals surface area contributed by atoms with E-state index in [4.69, 9.17) is 0 Å². The average Bonchev–Trinajstić information content (AvgIpc) is 2.73. The SMILES string of the molecule is Fc1c(F)c(F)c(/C=N/Nc2cc(C(F)(F)F)nc(-c3ccccc3)n2)c(F)c1F. The second-order valence-electron chi connectivity index (χ2n) is 5.68. The van der Waals surface area contributed by atoms with Crippen LogP contribution in [0.15, 0.2) is 41.5 Å². The van der Waals surface area contributed by atoms with Crippen molar-refractivity contribution in [3.8, 4) is 11.4 Å². The van der Waals surface area contributed by atoms with Gasteiger partial charge in [0.15, 0.2) is 40.6 Å². The van der Waals surface area contributed by atoms with E-state index in [-0.39, 0.29) is 17.6 Å². The Balaban J connectivity index is 1.98. The van der Waals surface area contributed by atoms with Crippen molar-refractivity contribution in [1.29, 1.82) is 0 Å². The Morgan fingerprint density at radius 1 is 0.800 bits per heavy atom. The van der Waals surface area contributed by atoms with Gasteiger partial charge >= 0.3 is 6.18 Å². The summed E-state index contributed by atoms with van der Waals surface area (Å²) in [4.78, 5) is 7.22. The van der Waals surface area contributed by atoms with E-state index in [0.29, 0.717) is 6.07 Å². The fourth-order valence-electron chi connectivity index (χ4n) is 2.26. The molecule has 0 spiro atoms. The van der Waals surface area contributed by atoms with E-state index in [1.807, 2.05) is 5.43 Å². The summed E-state index contributed by atoms with van der Waals surface area (Å²) in [5.41, 5.74) is -0.523. The molecule has 4 nitrogen and oxygen atoms in total. The predicted molar refractivity (Wildman–Crippen MR) is 89.9 cm³/mol. The molecule has 1 aromatic heterocycles. The van der Waals surface area contributed by atoms with Crippen LogP contribution in [0.4, 0.5) is 40.9 Å². The van der Waals surface area contributed by atoms with E-state index >= 15 is 0 Å². The number of rotatable bonds is 4. The highest BCUT2D eigenvalue weighted by atomic mass is 19.4. The van der Waals surface area contributed by atoms with Gasteiger partial charge < -0.3 is 0 Å². The van der Waals surface area contributed by atoms with Crippen molar-refractivity contribution in [3.05, 3.63) is 76.7 Å². The molecule has 1 heterocycles. The zero-order valence-electron chi connectivity index (χ0n) is 14.4. The summed E-state index contributed by atoms with van der Waals surface area (Å²) in [6.45, 7) is 0. The first-order chi connectivity index (χ1) is 14.1. The van der Waals surface area contributed by atoms with E-state index in [1.165, 1.54) is 24.3 Å². The summed E-state index contributed by atoms with van der Waals surface area (Å²) in [5, 5.41) is 3.23. The number of anilines is 1. The highest BCUT2D eigenvalue weighted by Gasteiger charge is 2.34. The van der Waals surface area contributed by atoms with Crippen LogP contribution in [-0.4, -0.2) is 16.2 Å². The first kappa shape index (κ1) is 21.1. The van der Waals surface area contributed by atoms with Crippen LogP contribution in [0.3, 0.4) is 0 Å². The maximum Gasteiger partial charge on any atom is 0.433 e. The summed E-state index contributed by atoms with van der Waals surface area (Å²) in [5.74, 6) is -11.9. The highest BCUT2D eigenvalue weighted by Crippen LogP contribution is 2.30. The Hall–Kier alpha value is -3.57. The van der Waals surface area contributed by atoms with E-state index in [9.17, 15) is 35.1 Å². The topological polar surface area (TPSA) is 50.2 Å². The Bertz CT molecular complexity index is 1080. The number of nitrogens with one attached hydrogen (secondary N) is 1. The Labute approximate surface area is 162 Å². The van der Waals surface area contributed by atoms with Crippen molar-refractivity contribution in [3.63, 3.8) is 0 Å². The molecule has 12 heteroatoms. The zero-order valence-corrected chi connectivity index (χ0v) is 14.4. The fourth-order valence-corrected chi connectivity index (χ4v) is 2.26. The van der Waals surface area contributed by atoms with Gasteiger partial charge in [-0.1, -0.05) is 30.3 Å². The summed E-state index contributed by atoms with van der Waals surface area (Å²) in [7, 11) is 0. The van der Waals surface area contributed by atoms with Gasteiger partial charge in [-0.2, -0.15) is 18.3 Å². The van der Waals surface area contributed by atoms with Gasteiger partial charge in [0.2, 0.25) is 5.82 Å². The second kappa shape index (κ2) is 8.05. The lowest BCUT2D eigenvalue weighted by molar-refractivity contribution is -0.141. The number of hydrazone groups is 1. The molecule has 0 unspecified atom stereocenters. The number of aromatic nitrogens is 2. The van der Waals surface area contributed by atoms with Crippen molar-refractivity contribution in [2.45, 2.75) is 6.18 Å². The predicted octanol–water partition coefficient (Wildman–Crippen LogP) is 5.30. The number of hydrogen-bond donors (Lipinski definition) is 1. The summed E-state index contributed by atoms with van der Waals surface area (Å²) < 4.78 is 106. The molecular weight excluding hydrogens is 424 g/mol. The highest BCUT2D eigenvalue weighted by molar-refractivity contribution is 5.81. The molecule has 0 amide bonds. The van der Waals surface area contributed by atoms with Crippen LogP contribution in [-0.2, 0) is 6.18 Å². The van der Waals surface area contributed by atoms with Crippen molar-refractivity contribution < 1.29 is 35.1 Å². The Kier molecular flexibility index (Phi) is 5.67. The molecule has 0 aliphatic rings. The van der Waals surface area contributed by atoms with Crippen LogP contribution in [0.5, 0.6) is 0 Å². The number of hydrogen-bond acceptors (Lipinski definition) is 4. The lowest BCUT2D eigenvalue weighted by Crippen LogP contribution is -2.11. The molecule has 0 atom stereocenters. The van der Waals surface area contributed by atoms with Crippen LogP contribution < -0.4 is 5.43 Å². The van der Waals surface area contributed by atoms with Gasteiger partial charge in [0, 0.05) is 11.6 Å². The maximum absolute atomic E-state index is 13.6. The zero-order chi connectivity index (χ0) is 22.1. The van der Waals surface area contributed by atoms with Gasteiger partial charge in [-0.3, -0.25) is 5.43 Å². The van der Waals surface area contributed by atoms with Crippen LogP contribution in [0.1, 0.15) is 11.3 Å². The number of nitrogens with zero attached hydrogens (tertiary/aromatic N) is 3. The quantitative estimate of drug-likeness (QED) is 0.200. The van der Waals surface area contributed by atoms with E-state index in [2.05, 4.69) is 15.1 Å². The van der Waals surface area contributed by atoms with Crippen LogP contribution in [0.25, 0.3) is 11.4 Å². The van der Waals surface area contributed by atoms with E-state index in [0.717, 1.165) is 0 Å². The number of benzene rings is 2. The van der Waals surface area contributed by atoms with Crippen molar-refractivity contribution in [2.24, 2.45) is 5.10 Å². The first-order valence-electron chi connectivity index (χ1n) is 7.91. The van der Waals surface area contributed by atoms with Crippen molar-refractivity contribution in [2.75, 3.05) is 5.43 Å². The van der Waals surface area contributed by atoms with Gasteiger partial charge in [0.25, 0.3) is 0 Å². The lowest BCUT2D eigenvalue weighted by Gasteiger charge is -2.10. The summed E-state index contributed by atoms with van der Waals surface area (Å²) in [6.07, 6.45) is -4.62. The van der Waals surface area contributed by atoms with Crippen molar-refractivity contribution >= 4 is 12.0 Å². The molecule has 1 N–H and O–H groups in total. The lowest BCUT2D eigenvalue weighted by atomic mass is 10.2. The third-order valence-electron chi connectivity index (χ3n) is 3.67. The molecule has 0 radical (unpaired) electrons. The minimum Gasteiger partial charge on any atom is -0.261 e. The van der Waals surface area contributed by atoms with Gasteiger partial charge in [-0.15, -0.1) is 0 Å². The van der Waals surface area contributed by atoms with Crippen LogP contribution >= 0.6 is 0 Å². The molecule has 2 aromatic carbocycles. The summed E-state index contributed by atoms with van der Waals surface area (Å²) >= 11 is 0.